The van der Waals surface area contributed by atoms with Gasteiger partial charge in [0.15, 0.2) is 0 Å². The largest absolute Gasteiger partial charge is 0.494 e. The van der Waals surface area contributed by atoms with E-state index in [0.717, 1.165) is 32.0 Å². The zero-order chi connectivity index (χ0) is 16.5. The third-order valence-corrected chi connectivity index (χ3v) is 5.50. The molecule has 0 saturated carbocycles. The predicted octanol–water partition coefficient (Wildman–Crippen LogP) is 5.96. The van der Waals surface area contributed by atoms with E-state index in [1.807, 2.05) is 0 Å². The molecule has 0 aliphatic carbocycles. The van der Waals surface area contributed by atoms with Crippen LogP contribution in [0.3, 0.4) is 0 Å². The van der Waals surface area contributed by atoms with Crippen molar-refractivity contribution in [2.24, 2.45) is 5.41 Å². The molecule has 0 aromatic heterocycles. The number of rotatable bonds is 11. The van der Waals surface area contributed by atoms with E-state index in [-0.39, 0.29) is 0 Å². The molecule has 1 saturated heterocycles. The van der Waals surface area contributed by atoms with Crippen molar-refractivity contribution in [1.29, 1.82) is 0 Å². The van der Waals surface area contributed by atoms with Gasteiger partial charge in [-0.3, -0.25) is 0 Å². The van der Waals surface area contributed by atoms with Gasteiger partial charge in [-0.25, -0.2) is 0 Å². The minimum absolute atomic E-state index is 0.522. The summed E-state index contributed by atoms with van der Waals surface area (Å²) in [5, 5.41) is 0. The average Bonchev–Trinajstić information content (AvgIpc) is 2.56. The van der Waals surface area contributed by atoms with E-state index in [1.54, 1.807) is 0 Å². The van der Waals surface area contributed by atoms with E-state index >= 15 is 0 Å². The maximum Gasteiger partial charge on any atom is 0.119 e. The molecule has 1 aromatic carbocycles. The molecular formula is C21H34O2. The van der Waals surface area contributed by atoms with Crippen LogP contribution in [0.2, 0.25) is 0 Å². The van der Waals surface area contributed by atoms with Gasteiger partial charge in [-0.1, -0.05) is 52.2 Å². The van der Waals surface area contributed by atoms with E-state index in [0.29, 0.717) is 11.3 Å². The van der Waals surface area contributed by atoms with Crippen molar-refractivity contribution in [2.75, 3.05) is 19.8 Å². The van der Waals surface area contributed by atoms with Gasteiger partial charge < -0.3 is 9.47 Å². The van der Waals surface area contributed by atoms with Gasteiger partial charge in [0, 0.05) is 5.41 Å². The van der Waals surface area contributed by atoms with E-state index in [4.69, 9.17) is 9.47 Å². The van der Waals surface area contributed by atoms with E-state index in [9.17, 15) is 0 Å². The van der Waals surface area contributed by atoms with Gasteiger partial charge in [-0.2, -0.15) is 0 Å². The number of hydrogen-bond donors (Lipinski definition) is 0. The first-order valence-electron chi connectivity index (χ1n) is 9.49. The predicted molar refractivity (Wildman–Crippen MR) is 97.3 cm³/mol. The SMILES string of the molecule is CCC(C)c1ccc(OCCCCCCC2(CC)COC2)cc1. The lowest BCUT2D eigenvalue weighted by molar-refractivity contribution is -0.120. The zero-order valence-corrected chi connectivity index (χ0v) is 15.3. The molecule has 1 aliphatic heterocycles. The summed E-state index contributed by atoms with van der Waals surface area (Å²) < 4.78 is 11.2. The molecule has 1 aromatic rings. The summed E-state index contributed by atoms with van der Waals surface area (Å²) in [6, 6.07) is 8.63. The van der Waals surface area contributed by atoms with Gasteiger partial charge >= 0.3 is 0 Å². The Labute approximate surface area is 142 Å². The molecule has 2 nitrogen and oxygen atoms in total. The lowest BCUT2D eigenvalue weighted by Gasteiger charge is -2.41. The topological polar surface area (TPSA) is 18.5 Å². The van der Waals surface area contributed by atoms with E-state index in [2.05, 4.69) is 45.0 Å². The van der Waals surface area contributed by atoms with Crippen LogP contribution in [0.1, 0.15) is 77.2 Å². The molecule has 0 N–H and O–H groups in total. The Morgan fingerprint density at radius 3 is 2.30 bits per heavy atom. The van der Waals surface area contributed by atoms with Crippen LogP contribution >= 0.6 is 0 Å². The molecule has 0 bridgehead atoms. The van der Waals surface area contributed by atoms with Crippen molar-refractivity contribution in [2.45, 2.75) is 71.6 Å². The summed E-state index contributed by atoms with van der Waals surface area (Å²) in [5.41, 5.74) is 1.93. The minimum atomic E-state index is 0.522. The van der Waals surface area contributed by atoms with Crippen LogP contribution in [0.5, 0.6) is 5.75 Å². The second-order valence-corrected chi connectivity index (χ2v) is 7.24. The normalized spacial score (nSPS) is 17.5. The number of unbranched alkanes of at least 4 members (excludes halogenated alkanes) is 3. The maximum absolute atomic E-state index is 5.86. The van der Waals surface area contributed by atoms with E-state index in [1.165, 1.54) is 44.1 Å². The lowest BCUT2D eigenvalue weighted by Crippen LogP contribution is -2.41. The van der Waals surface area contributed by atoms with Crippen LogP contribution < -0.4 is 4.74 Å². The summed E-state index contributed by atoms with van der Waals surface area (Å²) in [4.78, 5) is 0. The molecule has 2 rings (SSSR count). The Bertz CT molecular complexity index is 428. The fourth-order valence-corrected chi connectivity index (χ4v) is 3.19. The molecule has 1 aliphatic rings. The van der Waals surface area contributed by atoms with Crippen molar-refractivity contribution in [3.63, 3.8) is 0 Å². The Kier molecular flexibility index (Phi) is 7.42. The lowest BCUT2D eigenvalue weighted by atomic mass is 9.78. The first-order chi connectivity index (χ1) is 11.2. The smallest absolute Gasteiger partial charge is 0.119 e. The molecule has 0 spiro atoms. The van der Waals surface area contributed by atoms with Gasteiger partial charge in [0.05, 0.1) is 19.8 Å². The van der Waals surface area contributed by atoms with Crippen molar-refractivity contribution < 1.29 is 9.47 Å². The summed E-state index contributed by atoms with van der Waals surface area (Å²) in [5.74, 6) is 1.64. The summed E-state index contributed by atoms with van der Waals surface area (Å²) in [6.45, 7) is 9.61. The Morgan fingerprint density at radius 2 is 1.74 bits per heavy atom. The minimum Gasteiger partial charge on any atom is -0.494 e. The molecule has 1 unspecified atom stereocenters. The number of hydrogen-bond acceptors (Lipinski definition) is 2. The molecule has 1 heterocycles. The highest BCUT2D eigenvalue weighted by atomic mass is 16.5. The summed E-state index contributed by atoms with van der Waals surface area (Å²) in [7, 11) is 0. The standard InChI is InChI=1S/C21H34O2/c1-4-18(3)19-10-12-20(13-11-19)23-15-9-7-6-8-14-21(5-2)16-22-17-21/h10-13,18H,4-9,14-17H2,1-3H3. The van der Waals surface area contributed by atoms with Crippen molar-refractivity contribution in [3.8, 4) is 5.75 Å². The first-order valence-corrected chi connectivity index (χ1v) is 9.49. The average molecular weight is 319 g/mol. The second kappa shape index (κ2) is 9.32. The first kappa shape index (κ1) is 18.3. The highest BCUT2D eigenvalue weighted by Gasteiger charge is 2.35. The summed E-state index contributed by atoms with van der Waals surface area (Å²) >= 11 is 0. The number of benzene rings is 1. The van der Waals surface area contributed by atoms with Gasteiger partial charge in [-0.05, 0) is 49.3 Å². The van der Waals surface area contributed by atoms with Crippen LogP contribution in [0.15, 0.2) is 24.3 Å². The fourth-order valence-electron chi connectivity index (χ4n) is 3.19. The molecule has 1 fully saturated rings. The molecule has 0 amide bonds. The van der Waals surface area contributed by atoms with Gasteiger partial charge in [0.25, 0.3) is 0 Å². The van der Waals surface area contributed by atoms with E-state index < -0.39 is 0 Å². The van der Waals surface area contributed by atoms with Crippen LogP contribution in [-0.4, -0.2) is 19.8 Å². The van der Waals surface area contributed by atoms with Crippen molar-refractivity contribution >= 4 is 0 Å². The highest BCUT2D eigenvalue weighted by Crippen LogP contribution is 2.36. The van der Waals surface area contributed by atoms with Crippen LogP contribution in [0, 0.1) is 5.41 Å². The highest BCUT2D eigenvalue weighted by molar-refractivity contribution is 5.29. The molecular weight excluding hydrogens is 284 g/mol. The molecule has 130 valence electrons. The molecule has 2 heteroatoms. The van der Waals surface area contributed by atoms with Crippen LogP contribution in [0.25, 0.3) is 0 Å². The third kappa shape index (κ3) is 5.53. The van der Waals surface area contributed by atoms with Crippen LogP contribution in [0.4, 0.5) is 0 Å². The van der Waals surface area contributed by atoms with Gasteiger partial charge in [0.1, 0.15) is 5.75 Å². The molecule has 0 radical (unpaired) electrons. The van der Waals surface area contributed by atoms with Gasteiger partial charge in [0.2, 0.25) is 0 Å². The molecule has 23 heavy (non-hydrogen) atoms. The van der Waals surface area contributed by atoms with Crippen molar-refractivity contribution in [1.82, 2.24) is 0 Å². The number of ether oxygens (including phenoxy) is 2. The van der Waals surface area contributed by atoms with Crippen molar-refractivity contribution in [3.05, 3.63) is 29.8 Å². The molecule has 1 atom stereocenters. The maximum atomic E-state index is 5.86. The van der Waals surface area contributed by atoms with Crippen LogP contribution in [-0.2, 0) is 4.74 Å². The van der Waals surface area contributed by atoms with Gasteiger partial charge in [-0.15, -0.1) is 0 Å². The third-order valence-electron chi connectivity index (χ3n) is 5.50. The Morgan fingerprint density at radius 1 is 1.04 bits per heavy atom. The second-order valence-electron chi connectivity index (χ2n) is 7.24. The Hall–Kier alpha value is -1.02. The Balaban J connectivity index is 1.53. The summed E-state index contributed by atoms with van der Waals surface area (Å²) in [6.07, 6.45) is 8.86. The fraction of sp³-hybridized carbons (Fsp3) is 0.714. The monoisotopic (exact) mass is 318 g/mol. The zero-order valence-electron chi connectivity index (χ0n) is 15.3. The quantitative estimate of drug-likeness (QED) is 0.469.